The molecule has 1 fully saturated rings. The van der Waals surface area contributed by atoms with Gasteiger partial charge in [0.15, 0.2) is 0 Å². The Balaban J connectivity index is 1.36. The molecular formula is C24H29N5O. The Bertz CT molecular complexity index is 932. The summed E-state index contributed by atoms with van der Waals surface area (Å²) in [6.45, 7) is 4.53. The van der Waals surface area contributed by atoms with Crippen LogP contribution in [0.3, 0.4) is 0 Å². The fourth-order valence-corrected chi connectivity index (χ4v) is 4.15. The second-order valence-electron chi connectivity index (χ2n) is 7.89. The van der Waals surface area contributed by atoms with Gasteiger partial charge in [0.1, 0.15) is 5.82 Å². The largest absolute Gasteiger partial charge is 0.339 e. The maximum absolute atomic E-state index is 12.7. The van der Waals surface area contributed by atoms with Crippen LogP contribution in [0.5, 0.6) is 0 Å². The van der Waals surface area contributed by atoms with Crippen LogP contribution in [-0.2, 0) is 6.54 Å². The minimum absolute atomic E-state index is 0.103. The zero-order valence-corrected chi connectivity index (χ0v) is 17.4. The molecule has 1 amide bonds. The average Bonchev–Trinajstić information content (AvgIpc) is 3.22. The van der Waals surface area contributed by atoms with E-state index in [0.717, 1.165) is 44.7 Å². The highest BCUT2D eigenvalue weighted by Gasteiger charge is 2.25. The van der Waals surface area contributed by atoms with E-state index < -0.39 is 0 Å². The van der Waals surface area contributed by atoms with Gasteiger partial charge in [-0.3, -0.25) is 9.78 Å². The number of nitrogens with one attached hydrogen (secondary N) is 1. The Labute approximate surface area is 178 Å². The number of aromatic nitrogens is 3. The lowest BCUT2D eigenvalue weighted by Crippen LogP contribution is -2.46. The second kappa shape index (κ2) is 9.67. The van der Waals surface area contributed by atoms with E-state index in [2.05, 4.69) is 50.2 Å². The molecule has 0 aliphatic carbocycles. The van der Waals surface area contributed by atoms with Crippen molar-refractivity contribution in [2.75, 3.05) is 13.1 Å². The number of carbonyl (C=O) groups excluding carboxylic acids is 1. The minimum Gasteiger partial charge on any atom is -0.339 e. The molecule has 1 N–H and O–H groups in total. The monoisotopic (exact) mass is 403 g/mol. The molecule has 0 saturated carbocycles. The van der Waals surface area contributed by atoms with Gasteiger partial charge >= 0.3 is 0 Å². The van der Waals surface area contributed by atoms with Crippen LogP contribution in [0.1, 0.15) is 47.1 Å². The molecule has 6 heteroatoms. The normalized spacial score (nSPS) is 15.8. The molecule has 1 aliphatic heterocycles. The summed E-state index contributed by atoms with van der Waals surface area (Å²) >= 11 is 0. The van der Waals surface area contributed by atoms with Gasteiger partial charge in [0.25, 0.3) is 5.91 Å². The van der Waals surface area contributed by atoms with Gasteiger partial charge < -0.3 is 14.8 Å². The number of aryl methyl sites for hydroxylation is 2. The SMILES string of the molecule is Cc1nccn1CCC(NC1CCN(C(=O)c2ccncc2)CC1)c1ccccc1. The summed E-state index contributed by atoms with van der Waals surface area (Å²) in [7, 11) is 0. The number of hydrogen-bond acceptors (Lipinski definition) is 4. The van der Waals surface area contributed by atoms with E-state index >= 15 is 0 Å². The first kappa shape index (κ1) is 20.3. The second-order valence-corrected chi connectivity index (χ2v) is 7.89. The highest BCUT2D eigenvalue weighted by molar-refractivity contribution is 5.94. The smallest absolute Gasteiger partial charge is 0.253 e. The molecule has 1 atom stereocenters. The first-order chi connectivity index (χ1) is 14.7. The molecule has 4 rings (SSSR count). The fraction of sp³-hybridized carbons (Fsp3) is 0.375. The van der Waals surface area contributed by atoms with E-state index in [1.807, 2.05) is 24.2 Å². The van der Waals surface area contributed by atoms with Gasteiger partial charge in [-0.05, 0) is 43.9 Å². The van der Waals surface area contributed by atoms with E-state index in [0.29, 0.717) is 11.6 Å². The van der Waals surface area contributed by atoms with E-state index in [1.54, 1.807) is 24.5 Å². The number of imidazole rings is 1. The zero-order valence-electron chi connectivity index (χ0n) is 17.4. The minimum atomic E-state index is 0.103. The van der Waals surface area contributed by atoms with Gasteiger partial charge in [0.2, 0.25) is 0 Å². The van der Waals surface area contributed by atoms with Crippen LogP contribution >= 0.6 is 0 Å². The van der Waals surface area contributed by atoms with Crippen molar-refractivity contribution < 1.29 is 4.79 Å². The van der Waals surface area contributed by atoms with Gasteiger partial charge in [-0.15, -0.1) is 0 Å². The van der Waals surface area contributed by atoms with E-state index in [1.165, 1.54) is 5.56 Å². The van der Waals surface area contributed by atoms with Crippen LogP contribution in [0.4, 0.5) is 0 Å². The van der Waals surface area contributed by atoms with Gasteiger partial charge in [0.05, 0.1) is 0 Å². The van der Waals surface area contributed by atoms with Gasteiger partial charge in [-0.2, -0.15) is 0 Å². The number of nitrogens with zero attached hydrogens (tertiary/aromatic N) is 4. The number of rotatable bonds is 7. The summed E-state index contributed by atoms with van der Waals surface area (Å²) in [5, 5.41) is 3.87. The number of pyridine rings is 1. The lowest BCUT2D eigenvalue weighted by Gasteiger charge is -2.35. The van der Waals surface area contributed by atoms with E-state index in [-0.39, 0.29) is 11.9 Å². The summed E-state index contributed by atoms with van der Waals surface area (Å²) in [6, 6.07) is 14.9. The molecule has 0 bridgehead atoms. The van der Waals surface area contributed by atoms with Crippen molar-refractivity contribution in [2.24, 2.45) is 0 Å². The van der Waals surface area contributed by atoms with Crippen LogP contribution in [0.15, 0.2) is 67.3 Å². The predicted octanol–water partition coefficient (Wildman–Crippen LogP) is 3.61. The van der Waals surface area contributed by atoms with Crippen molar-refractivity contribution in [3.05, 3.63) is 84.2 Å². The summed E-state index contributed by atoms with van der Waals surface area (Å²) in [6.07, 6.45) is 10.2. The molecule has 30 heavy (non-hydrogen) atoms. The van der Waals surface area contributed by atoms with Crippen LogP contribution in [0.25, 0.3) is 0 Å². The highest BCUT2D eigenvalue weighted by Crippen LogP contribution is 2.22. The summed E-state index contributed by atoms with van der Waals surface area (Å²) in [5.74, 6) is 1.15. The lowest BCUT2D eigenvalue weighted by molar-refractivity contribution is 0.0701. The van der Waals surface area contributed by atoms with Crippen LogP contribution in [0, 0.1) is 6.92 Å². The van der Waals surface area contributed by atoms with Crippen LogP contribution < -0.4 is 5.32 Å². The third-order valence-electron chi connectivity index (χ3n) is 5.93. The van der Waals surface area contributed by atoms with Gasteiger partial charge in [0, 0.05) is 62.1 Å². The third-order valence-corrected chi connectivity index (χ3v) is 5.93. The van der Waals surface area contributed by atoms with Gasteiger partial charge in [-0.25, -0.2) is 4.98 Å². The van der Waals surface area contributed by atoms with Crippen molar-refractivity contribution >= 4 is 5.91 Å². The maximum atomic E-state index is 12.7. The Morgan fingerprint density at radius 3 is 2.50 bits per heavy atom. The Hall–Kier alpha value is -2.99. The quantitative estimate of drug-likeness (QED) is 0.655. The lowest BCUT2D eigenvalue weighted by atomic mass is 9.98. The number of benzene rings is 1. The molecule has 1 aromatic carbocycles. The fourth-order valence-electron chi connectivity index (χ4n) is 4.15. The molecule has 2 aromatic heterocycles. The standard InChI is InChI=1S/C24H29N5O/c1-19-26-14-18-28(19)17-11-23(20-5-3-2-4-6-20)27-22-9-15-29(16-10-22)24(30)21-7-12-25-13-8-21/h2-8,12-14,18,22-23,27H,9-11,15-17H2,1H3. The summed E-state index contributed by atoms with van der Waals surface area (Å²) < 4.78 is 2.20. The highest BCUT2D eigenvalue weighted by atomic mass is 16.2. The number of likely N-dealkylation sites (tertiary alicyclic amines) is 1. The molecule has 3 aromatic rings. The van der Waals surface area contributed by atoms with Crippen molar-refractivity contribution in [1.82, 2.24) is 24.8 Å². The molecule has 6 nitrogen and oxygen atoms in total. The summed E-state index contributed by atoms with van der Waals surface area (Å²) in [4.78, 5) is 23.0. The zero-order chi connectivity index (χ0) is 20.8. The van der Waals surface area contributed by atoms with E-state index in [4.69, 9.17) is 0 Å². The van der Waals surface area contributed by atoms with Gasteiger partial charge in [-0.1, -0.05) is 30.3 Å². The summed E-state index contributed by atoms with van der Waals surface area (Å²) in [5.41, 5.74) is 2.03. The molecule has 1 aliphatic rings. The molecule has 1 saturated heterocycles. The number of carbonyl (C=O) groups is 1. The third kappa shape index (κ3) is 4.94. The van der Waals surface area contributed by atoms with Crippen molar-refractivity contribution in [1.29, 1.82) is 0 Å². The van der Waals surface area contributed by atoms with Crippen molar-refractivity contribution in [3.63, 3.8) is 0 Å². The molecule has 0 radical (unpaired) electrons. The van der Waals surface area contributed by atoms with Crippen molar-refractivity contribution in [2.45, 2.75) is 44.8 Å². The van der Waals surface area contributed by atoms with E-state index in [9.17, 15) is 4.79 Å². The average molecular weight is 404 g/mol. The number of hydrogen-bond donors (Lipinski definition) is 1. The molecule has 0 spiro atoms. The number of amides is 1. The number of piperidine rings is 1. The first-order valence-electron chi connectivity index (χ1n) is 10.7. The topological polar surface area (TPSA) is 63.1 Å². The van der Waals surface area contributed by atoms with Crippen molar-refractivity contribution in [3.8, 4) is 0 Å². The van der Waals surface area contributed by atoms with Crippen LogP contribution in [0.2, 0.25) is 0 Å². The maximum Gasteiger partial charge on any atom is 0.253 e. The molecule has 1 unspecified atom stereocenters. The molecular weight excluding hydrogens is 374 g/mol. The molecule has 156 valence electrons. The predicted molar refractivity (Wildman–Crippen MR) is 117 cm³/mol. The molecule has 3 heterocycles. The Morgan fingerprint density at radius 2 is 1.83 bits per heavy atom. The Morgan fingerprint density at radius 1 is 1.10 bits per heavy atom. The Kier molecular flexibility index (Phi) is 6.54. The first-order valence-corrected chi connectivity index (χ1v) is 10.7. The van der Waals surface area contributed by atoms with Crippen LogP contribution in [-0.4, -0.2) is 44.5 Å².